The second-order valence-corrected chi connectivity index (χ2v) is 8.43. The fraction of sp³-hybridized carbons (Fsp3) is 0.278. The molecule has 0 saturated heterocycles. The minimum Gasteiger partial charge on any atom is -0.387 e. The first kappa shape index (κ1) is 20.6. The number of rotatable bonds is 6. The van der Waals surface area contributed by atoms with Gasteiger partial charge < -0.3 is 10.4 Å². The fourth-order valence-corrected chi connectivity index (χ4v) is 4.84. The van der Waals surface area contributed by atoms with Gasteiger partial charge in [0.2, 0.25) is 5.91 Å². The van der Waals surface area contributed by atoms with Crippen molar-refractivity contribution in [2.45, 2.75) is 19.1 Å². The van der Waals surface area contributed by atoms with Crippen LogP contribution in [-0.4, -0.2) is 35.5 Å². The molecule has 0 heterocycles. The molecule has 134 valence electrons. The molecule has 0 aromatic heterocycles. The Bertz CT molecular complexity index is 717. The van der Waals surface area contributed by atoms with E-state index in [9.17, 15) is 9.90 Å². The zero-order chi connectivity index (χ0) is 18.6. The van der Waals surface area contributed by atoms with Crippen molar-refractivity contribution in [3.05, 3.63) is 61.4 Å². The van der Waals surface area contributed by atoms with Crippen molar-refractivity contribution >= 4 is 59.4 Å². The molecule has 0 radical (unpaired) electrons. The molecule has 0 aliphatic carbocycles. The zero-order valence-corrected chi connectivity index (χ0v) is 18.6. The summed E-state index contributed by atoms with van der Waals surface area (Å²) in [5, 5.41) is 13.4. The lowest BCUT2D eigenvalue weighted by molar-refractivity contribution is -0.117. The first-order valence-corrected chi connectivity index (χ1v) is 10.0. The molecule has 1 amide bonds. The Hall–Kier alpha value is -0.730. The van der Waals surface area contributed by atoms with Crippen LogP contribution in [0, 0.1) is 0 Å². The zero-order valence-electron chi connectivity index (χ0n) is 13.8. The molecule has 0 spiro atoms. The molecule has 2 aromatic carbocycles. The van der Waals surface area contributed by atoms with E-state index >= 15 is 0 Å². The van der Waals surface area contributed by atoms with Crippen LogP contribution in [0.3, 0.4) is 0 Å². The Balaban J connectivity index is 2.00. The number of aliphatic hydroxyl groups excluding tert-OH is 1. The van der Waals surface area contributed by atoms with E-state index in [4.69, 9.17) is 0 Å². The van der Waals surface area contributed by atoms with Crippen LogP contribution in [0.4, 0.5) is 5.69 Å². The molecule has 0 bridgehead atoms. The summed E-state index contributed by atoms with van der Waals surface area (Å²) in [4.78, 5) is 14.2. The molecule has 0 fully saturated rings. The summed E-state index contributed by atoms with van der Waals surface area (Å²) in [6.07, 6.45) is -0.662. The maximum absolute atomic E-state index is 12.4. The van der Waals surface area contributed by atoms with Gasteiger partial charge in [-0.2, -0.15) is 0 Å². The predicted octanol–water partition coefficient (Wildman–Crippen LogP) is 4.97. The van der Waals surface area contributed by atoms with Crippen LogP contribution < -0.4 is 5.32 Å². The molecule has 2 aromatic rings. The average Bonchev–Trinajstić information content (AvgIpc) is 2.57. The van der Waals surface area contributed by atoms with Crippen LogP contribution in [0.15, 0.2) is 55.9 Å². The summed E-state index contributed by atoms with van der Waals surface area (Å²) < 4.78 is 2.46. The number of hydrogen-bond acceptors (Lipinski definition) is 3. The Morgan fingerprint density at radius 3 is 2.28 bits per heavy atom. The van der Waals surface area contributed by atoms with Gasteiger partial charge in [0.05, 0.1) is 18.3 Å². The van der Waals surface area contributed by atoms with Crippen LogP contribution in [0.25, 0.3) is 0 Å². The maximum atomic E-state index is 12.4. The lowest BCUT2D eigenvalue weighted by atomic mass is 10.0. The number of likely N-dealkylation sites (N-methyl/N-ethyl adjacent to an activating group) is 1. The molecule has 2 atom stereocenters. The number of hydrogen-bond donors (Lipinski definition) is 2. The van der Waals surface area contributed by atoms with E-state index in [2.05, 4.69) is 53.1 Å². The van der Waals surface area contributed by atoms with Gasteiger partial charge in [0.25, 0.3) is 0 Å². The van der Waals surface area contributed by atoms with Crippen LogP contribution in [-0.2, 0) is 4.79 Å². The van der Waals surface area contributed by atoms with E-state index in [0.717, 1.165) is 19.0 Å². The molecule has 0 aliphatic heterocycles. The first-order chi connectivity index (χ1) is 11.8. The lowest BCUT2D eigenvalue weighted by Crippen LogP contribution is -2.39. The van der Waals surface area contributed by atoms with Crippen molar-refractivity contribution in [2.24, 2.45) is 0 Å². The number of anilines is 1. The topological polar surface area (TPSA) is 52.6 Å². The van der Waals surface area contributed by atoms with Gasteiger partial charge in [0.15, 0.2) is 0 Å². The lowest BCUT2D eigenvalue weighted by Gasteiger charge is -2.28. The molecule has 2 N–H and O–H groups in total. The molecule has 25 heavy (non-hydrogen) atoms. The van der Waals surface area contributed by atoms with Gasteiger partial charge in [-0.1, -0.05) is 46.3 Å². The third-order valence-electron chi connectivity index (χ3n) is 3.96. The fourth-order valence-electron chi connectivity index (χ4n) is 2.38. The van der Waals surface area contributed by atoms with Crippen LogP contribution in [0.1, 0.15) is 18.6 Å². The second kappa shape index (κ2) is 9.28. The van der Waals surface area contributed by atoms with Crippen molar-refractivity contribution in [1.29, 1.82) is 0 Å². The number of nitrogens with zero attached hydrogens (tertiary/aromatic N) is 1. The summed E-state index contributed by atoms with van der Waals surface area (Å²) in [6.45, 7) is 2.07. The van der Waals surface area contributed by atoms with Crippen LogP contribution in [0.5, 0.6) is 0 Å². The predicted molar refractivity (Wildman–Crippen MR) is 112 cm³/mol. The van der Waals surface area contributed by atoms with Crippen molar-refractivity contribution in [3.8, 4) is 0 Å². The van der Waals surface area contributed by atoms with E-state index in [1.807, 2.05) is 61.3 Å². The van der Waals surface area contributed by atoms with Gasteiger partial charge >= 0.3 is 0 Å². The third kappa shape index (κ3) is 5.62. The molecule has 4 nitrogen and oxygen atoms in total. The Morgan fingerprint density at radius 1 is 1.16 bits per heavy atom. The Labute approximate surface area is 173 Å². The molecule has 0 saturated carbocycles. The molecule has 2 rings (SSSR count). The third-order valence-corrected chi connectivity index (χ3v) is 5.67. The average molecular weight is 535 g/mol. The normalized spacial score (nSPS) is 13.6. The Kier molecular flexibility index (Phi) is 7.64. The van der Waals surface area contributed by atoms with E-state index in [1.165, 1.54) is 0 Å². The Morgan fingerprint density at radius 2 is 1.72 bits per heavy atom. The number of benzene rings is 2. The summed E-state index contributed by atoms with van der Waals surface area (Å²) >= 11 is 10.3. The van der Waals surface area contributed by atoms with Gasteiger partial charge in [0, 0.05) is 19.5 Å². The maximum Gasteiger partial charge on any atom is 0.238 e. The first-order valence-electron chi connectivity index (χ1n) is 7.67. The molecular weight excluding hydrogens is 516 g/mol. The highest BCUT2D eigenvalue weighted by molar-refractivity contribution is 9.11. The molecular formula is C18H19Br3N2O2. The van der Waals surface area contributed by atoms with Crippen molar-refractivity contribution in [2.75, 3.05) is 18.9 Å². The summed E-state index contributed by atoms with van der Waals surface area (Å²) in [7, 11) is 1.82. The van der Waals surface area contributed by atoms with Crippen molar-refractivity contribution in [1.82, 2.24) is 4.90 Å². The minimum atomic E-state index is -0.662. The highest BCUT2D eigenvalue weighted by Crippen LogP contribution is 2.34. The second-order valence-electron chi connectivity index (χ2n) is 5.80. The summed E-state index contributed by atoms with van der Waals surface area (Å²) in [6, 6.07) is 13.0. The molecule has 7 heteroatoms. The van der Waals surface area contributed by atoms with E-state index in [1.54, 1.807) is 0 Å². The van der Waals surface area contributed by atoms with Gasteiger partial charge in [-0.3, -0.25) is 9.69 Å². The number of carbonyl (C=O) groups excluding carboxylic acids is 1. The van der Waals surface area contributed by atoms with Crippen LogP contribution in [0.2, 0.25) is 0 Å². The number of carbonyl (C=O) groups is 1. The van der Waals surface area contributed by atoms with Gasteiger partial charge in [-0.05, 0) is 63.5 Å². The van der Waals surface area contributed by atoms with E-state index < -0.39 is 6.10 Å². The van der Waals surface area contributed by atoms with Gasteiger partial charge in [-0.25, -0.2) is 0 Å². The quantitative estimate of drug-likeness (QED) is 0.550. The standard InChI is InChI=1S/C18H19Br3N2O2/c1-11(18(25)12-6-4-3-5-7-12)23(2)10-16(24)22-17-14(20)8-13(19)9-15(17)21/h3-9,11,18,25H,10H2,1-2H3,(H,22,24)/t11-,18-/m0/s1. The summed E-state index contributed by atoms with van der Waals surface area (Å²) in [5.41, 5.74) is 1.51. The number of amides is 1. The van der Waals surface area contributed by atoms with Crippen molar-refractivity contribution < 1.29 is 9.90 Å². The van der Waals surface area contributed by atoms with E-state index in [0.29, 0.717) is 5.69 Å². The van der Waals surface area contributed by atoms with Crippen molar-refractivity contribution in [3.63, 3.8) is 0 Å². The minimum absolute atomic E-state index is 0.154. The largest absolute Gasteiger partial charge is 0.387 e. The smallest absolute Gasteiger partial charge is 0.238 e. The molecule has 0 aliphatic rings. The number of nitrogens with one attached hydrogen (secondary N) is 1. The number of halogens is 3. The van der Waals surface area contributed by atoms with Crippen LogP contribution >= 0.6 is 47.8 Å². The highest BCUT2D eigenvalue weighted by atomic mass is 79.9. The van der Waals surface area contributed by atoms with Gasteiger partial charge in [0.1, 0.15) is 0 Å². The van der Waals surface area contributed by atoms with Gasteiger partial charge in [-0.15, -0.1) is 0 Å². The summed E-state index contributed by atoms with van der Waals surface area (Å²) in [5.74, 6) is -0.154. The highest BCUT2D eigenvalue weighted by Gasteiger charge is 2.22. The SMILES string of the molecule is C[C@@H]([C@H](O)c1ccccc1)N(C)CC(=O)Nc1c(Br)cc(Br)cc1Br. The number of aliphatic hydroxyl groups is 1. The molecule has 0 unspecified atom stereocenters. The van der Waals surface area contributed by atoms with E-state index in [-0.39, 0.29) is 18.5 Å². The monoisotopic (exact) mass is 532 g/mol.